The number of nitrogens with zero attached hydrogens (tertiary/aromatic N) is 1. The molecule has 1 heterocycles. The van der Waals surface area contributed by atoms with E-state index in [2.05, 4.69) is 31.2 Å². The van der Waals surface area contributed by atoms with Crippen LogP contribution in [0.2, 0.25) is 0 Å². The molecule has 4 nitrogen and oxygen atoms in total. The average Bonchev–Trinajstić information content (AvgIpc) is 2.24. The number of hydroxylamine groups is 1. The Morgan fingerprint density at radius 3 is 2.41 bits per heavy atom. The van der Waals surface area contributed by atoms with Gasteiger partial charge in [-0.05, 0) is 31.2 Å². The highest BCUT2D eigenvalue weighted by atomic mass is 16.7. The third kappa shape index (κ3) is 6.64. The van der Waals surface area contributed by atoms with Gasteiger partial charge in [-0.1, -0.05) is 20.8 Å². The molecule has 0 atom stereocenters. The Labute approximate surface area is 105 Å². The Balaban J connectivity index is 2.15. The molecule has 0 bridgehead atoms. The predicted octanol–water partition coefficient (Wildman–Crippen LogP) is 1.95. The van der Waals surface area contributed by atoms with E-state index in [9.17, 15) is 4.79 Å². The van der Waals surface area contributed by atoms with Crippen molar-refractivity contribution in [1.29, 1.82) is 0 Å². The van der Waals surface area contributed by atoms with Gasteiger partial charge < -0.3 is 4.90 Å². The molecule has 1 rings (SSSR count). The second-order valence-electron chi connectivity index (χ2n) is 6.13. The molecule has 0 unspecified atom stereocenters. The highest BCUT2D eigenvalue weighted by molar-refractivity contribution is 5.71. The van der Waals surface area contributed by atoms with Gasteiger partial charge in [0.2, 0.25) is 5.91 Å². The summed E-state index contributed by atoms with van der Waals surface area (Å²) in [6, 6.07) is 0. The van der Waals surface area contributed by atoms with Crippen LogP contribution in [0, 0.1) is 5.41 Å². The number of rotatable bonds is 4. The zero-order valence-corrected chi connectivity index (χ0v) is 11.6. The molecular weight excluding hydrogens is 216 g/mol. The van der Waals surface area contributed by atoms with Gasteiger partial charge in [-0.25, -0.2) is 5.48 Å². The summed E-state index contributed by atoms with van der Waals surface area (Å²) in [7, 11) is 0. The first-order valence-corrected chi connectivity index (χ1v) is 6.51. The molecule has 1 aliphatic rings. The lowest BCUT2D eigenvalue weighted by Gasteiger charge is -2.33. The number of nitrogens with one attached hydrogen (secondary N) is 1. The smallest absolute Gasteiger partial charge is 0.240 e. The van der Waals surface area contributed by atoms with Crippen molar-refractivity contribution in [2.45, 2.75) is 53.1 Å². The summed E-state index contributed by atoms with van der Waals surface area (Å²) >= 11 is 0. The molecule has 1 saturated heterocycles. The van der Waals surface area contributed by atoms with Gasteiger partial charge in [0.1, 0.15) is 0 Å². The standard InChI is InChI=1S/C13H26N2O2/c1-11(16)14-17-12-5-8-15(9-6-12)10-7-13(2,3)4/h12H,5-10H2,1-4H3,(H,14,16). The molecular formula is C13H26N2O2. The molecule has 0 aromatic heterocycles. The zero-order chi connectivity index (χ0) is 12.9. The summed E-state index contributed by atoms with van der Waals surface area (Å²) in [5.41, 5.74) is 2.84. The van der Waals surface area contributed by atoms with E-state index in [0.29, 0.717) is 5.41 Å². The Hall–Kier alpha value is -0.610. The quantitative estimate of drug-likeness (QED) is 0.766. The lowest BCUT2D eigenvalue weighted by atomic mass is 9.92. The van der Waals surface area contributed by atoms with Crippen molar-refractivity contribution in [2.75, 3.05) is 19.6 Å². The van der Waals surface area contributed by atoms with Gasteiger partial charge in [-0.3, -0.25) is 9.63 Å². The highest BCUT2D eigenvalue weighted by Gasteiger charge is 2.21. The SMILES string of the molecule is CC(=O)NOC1CCN(CCC(C)(C)C)CC1. The van der Waals surface area contributed by atoms with Crippen molar-refractivity contribution < 1.29 is 9.63 Å². The van der Waals surface area contributed by atoms with E-state index in [0.717, 1.165) is 32.5 Å². The maximum atomic E-state index is 10.7. The molecule has 1 N–H and O–H groups in total. The van der Waals surface area contributed by atoms with Gasteiger partial charge in [0, 0.05) is 20.0 Å². The van der Waals surface area contributed by atoms with E-state index in [-0.39, 0.29) is 12.0 Å². The minimum absolute atomic E-state index is 0.125. The highest BCUT2D eigenvalue weighted by Crippen LogP contribution is 2.20. The molecule has 0 aliphatic carbocycles. The second kappa shape index (κ2) is 6.36. The van der Waals surface area contributed by atoms with E-state index >= 15 is 0 Å². The van der Waals surface area contributed by atoms with Crippen LogP contribution in [0.3, 0.4) is 0 Å². The Morgan fingerprint density at radius 2 is 1.94 bits per heavy atom. The second-order valence-corrected chi connectivity index (χ2v) is 6.13. The summed E-state index contributed by atoms with van der Waals surface area (Å²) < 4.78 is 0. The average molecular weight is 242 g/mol. The molecule has 0 aromatic carbocycles. The summed E-state index contributed by atoms with van der Waals surface area (Å²) in [6.07, 6.45) is 3.42. The van der Waals surface area contributed by atoms with Crippen molar-refractivity contribution in [2.24, 2.45) is 5.41 Å². The van der Waals surface area contributed by atoms with Crippen LogP contribution in [0.25, 0.3) is 0 Å². The summed E-state index contributed by atoms with van der Waals surface area (Å²) in [5.74, 6) is -0.125. The lowest BCUT2D eigenvalue weighted by Crippen LogP contribution is -2.40. The van der Waals surface area contributed by atoms with Crippen LogP contribution in [0.1, 0.15) is 47.0 Å². The van der Waals surface area contributed by atoms with E-state index in [4.69, 9.17) is 4.84 Å². The van der Waals surface area contributed by atoms with E-state index in [1.165, 1.54) is 13.3 Å². The van der Waals surface area contributed by atoms with Crippen LogP contribution in [-0.4, -0.2) is 36.5 Å². The van der Waals surface area contributed by atoms with E-state index < -0.39 is 0 Å². The van der Waals surface area contributed by atoms with Crippen molar-refractivity contribution in [3.05, 3.63) is 0 Å². The number of hydrogen-bond donors (Lipinski definition) is 1. The summed E-state index contributed by atoms with van der Waals surface area (Å²) in [5, 5.41) is 0. The summed E-state index contributed by atoms with van der Waals surface area (Å²) in [4.78, 5) is 18.5. The maximum absolute atomic E-state index is 10.7. The molecule has 1 amide bonds. The van der Waals surface area contributed by atoms with Gasteiger partial charge in [0.05, 0.1) is 6.10 Å². The Bertz CT molecular complexity index is 240. The topological polar surface area (TPSA) is 41.6 Å². The first kappa shape index (κ1) is 14.5. The van der Waals surface area contributed by atoms with Crippen molar-refractivity contribution in [1.82, 2.24) is 10.4 Å². The normalized spacial score (nSPS) is 19.3. The Kier molecular flexibility index (Phi) is 5.40. The number of carbonyl (C=O) groups is 1. The van der Waals surface area contributed by atoms with Crippen molar-refractivity contribution in [3.63, 3.8) is 0 Å². The minimum atomic E-state index is -0.125. The fourth-order valence-corrected chi connectivity index (χ4v) is 1.91. The monoisotopic (exact) mass is 242 g/mol. The third-order valence-corrected chi connectivity index (χ3v) is 3.08. The number of hydrogen-bond acceptors (Lipinski definition) is 3. The lowest BCUT2D eigenvalue weighted by molar-refractivity contribution is -0.138. The maximum Gasteiger partial charge on any atom is 0.240 e. The summed E-state index contributed by atoms with van der Waals surface area (Å²) in [6.45, 7) is 11.6. The van der Waals surface area contributed by atoms with Crippen molar-refractivity contribution in [3.8, 4) is 0 Å². The molecule has 0 radical (unpaired) electrons. The van der Waals surface area contributed by atoms with Gasteiger partial charge in [-0.2, -0.15) is 0 Å². The van der Waals surface area contributed by atoms with E-state index in [1.807, 2.05) is 0 Å². The van der Waals surface area contributed by atoms with Crippen LogP contribution in [-0.2, 0) is 9.63 Å². The van der Waals surface area contributed by atoms with Crippen LogP contribution >= 0.6 is 0 Å². The molecule has 0 saturated carbocycles. The Morgan fingerprint density at radius 1 is 1.35 bits per heavy atom. The van der Waals surface area contributed by atoms with Crippen LogP contribution in [0.15, 0.2) is 0 Å². The fraction of sp³-hybridized carbons (Fsp3) is 0.923. The molecule has 0 aromatic rings. The van der Waals surface area contributed by atoms with Gasteiger partial charge in [-0.15, -0.1) is 0 Å². The van der Waals surface area contributed by atoms with Crippen molar-refractivity contribution >= 4 is 5.91 Å². The molecule has 4 heteroatoms. The molecule has 100 valence electrons. The van der Waals surface area contributed by atoms with E-state index in [1.54, 1.807) is 0 Å². The molecule has 17 heavy (non-hydrogen) atoms. The largest absolute Gasteiger partial charge is 0.303 e. The first-order valence-electron chi connectivity index (χ1n) is 6.51. The van der Waals surface area contributed by atoms with Crippen LogP contribution < -0.4 is 5.48 Å². The van der Waals surface area contributed by atoms with Gasteiger partial charge in [0.25, 0.3) is 0 Å². The first-order chi connectivity index (χ1) is 7.87. The molecule has 1 fully saturated rings. The number of carbonyl (C=O) groups excluding carboxylic acids is 1. The predicted molar refractivity (Wildman–Crippen MR) is 68.4 cm³/mol. The third-order valence-electron chi connectivity index (χ3n) is 3.08. The van der Waals surface area contributed by atoms with Gasteiger partial charge >= 0.3 is 0 Å². The molecule has 1 aliphatic heterocycles. The van der Waals surface area contributed by atoms with Gasteiger partial charge in [0.15, 0.2) is 0 Å². The minimum Gasteiger partial charge on any atom is -0.303 e. The number of piperidine rings is 1. The fourth-order valence-electron chi connectivity index (χ4n) is 1.91. The number of amides is 1. The van der Waals surface area contributed by atoms with Crippen LogP contribution in [0.4, 0.5) is 0 Å². The number of likely N-dealkylation sites (tertiary alicyclic amines) is 1. The molecule has 0 spiro atoms. The van der Waals surface area contributed by atoms with Crippen LogP contribution in [0.5, 0.6) is 0 Å². The zero-order valence-electron chi connectivity index (χ0n) is 11.6.